The smallest absolute Gasteiger partial charge is 0.110 e. The normalized spacial score (nSPS) is 27.0. The molecule has 1 saturated heterocycles. The maximum atomic E-state index is 9.27. The number of epoxide rings is 1. The molecular weight excluding hydrogens is 192 g/mol. The number of hydrogen-bond acceptors (Lipinski definition) is 6. The van der Waals surface area contributed by atoms with Gasteiger partial charge >= 0.3 is 0 Å². The largest absolute Gasteiger partial charge is 0.394 e. The first-order chi connectivity index (χ1) is 6.65. The lowest BCUT2D eigenvalue weighted by molar-refractivity contribution is -0.100. The average Bonchev–Trinajstić information content (AvgIpc) is 2.99. The maximum absolute atomic E-state index is 9.27. The molecular formula is C8H16O6. The van der Waals surface area contributed by atoms with Gasteiger partial charge in [0, 0.05) is 0 Å². The fourth-order valence-corrected chi connectivity index (χ4v) is 0.948. The lowest BCUT2D eigenvalue weighted by atomic mass is 10.1. The highest BCUT2D eigenvalue weighted by Gasteiger charge is 2.26. The van der Waals surface area contributed by atoms with Crippen LogP contribution in [0.15, 0.2) is 0 Å². The van der Waals surface area contributed by atoms with Crippen LogP contribution in [0.25, 0.3) is 0 Å². The molecule has 4 N–H and O–H groups in total. The quantitative estimate of drug-likeness (QED) is 0.344. The maximum Gasteiger partial charge on any atom is 0.110 e. The molecule has 0 spiro atoms. The van der Waals surface area contributed by atoms with Crippen molar-refractivity contribution in [2.75, 3.05) is 26.4 Å². The molecule has 1 rings (SSSR count). The van der Waals surface area contributed by atoms with Gasteiger partial charge in [-0.25, -0.2) is 0 Å². The van der Waals surface area contributed by atoms with Crippen LogP contribution in [-0.4, -0.2) is 71.3 Å². The summed E-state index contributed by atoms with van der Waals surface area (Å²) >= 11 is 0. The molecule has 0 aromatic rings. The van der Waals surface area contributed by atoms with Crippen LogP contribution in [0.3, 0.4) is 0 Å². The minimum absolute atomic E-state index is 0.0852. The van der Waals surface area contributed by atoms with Gasteiger partial charge < -0.3 is 29.9 Å². The Morgan fingerprint density at radius 3 is 2.43 bits per heavy atom. The second kappa shape index (κ2) is 5.59. The minimum Gasteiger partial charge on any atom is -0.394 e. The number of hydrogen-bond donors (Lipinski definition) is 4. The van der Waals surface area contributed by atoms with E-state index in [4.69, 9.17) is 19.7 Å². The van der Waals surface area contributed by atoms with E-state index in [1.807, 2.05) is 0 Å². The Kier molecular flexibility index (Phi) is 4.73. The topological polar surface area (TPSA) is 103 Å². The molecule has 4 atom stereocenters. The Labute approximate surface area is 81.7 Å². The highest BCUT2D eigenvalue weighted by Crippen LogP contribution is 2.09. The predicted molar refractivity (Wildman–Crippen MR) is 45.7 cm³/mol. The Morgan fingerprint density at radius 2 is 1.93 bits per heavy atom. The standard InChI is InChI=1S/C8H16O6/c9-1-6(10)8(12)7(11)4-13-2-5-3-14-5/h5-12H,1-4H2/t5?,6-,7-,8-/m1/s1. The second-order valence-corrected chi connectivity index (χ2v) is 3.30. The van der Waals surface area contributed by atoms with Crippen molar-refractivity contribution in [3.05, 3.63) is 0 Å². The lowest BCUT2D eigenvalue weighted by Gasteiger charge is -2.21. The van der Waals surface area contributed by atoms with E-state index in [-0.39, 0.29) is 12.7 Å². The van der Waals surface area contributed by atoms with Gasteiger partial charge in [0.2, 0.25) is 0 Å². The van der Waals surface area contributed by atoms with Crippen LogP contribution in [0.4, 0.5) is 0 Å². The van der Waals surface area contributed by atoms with Crippen molar-refractivity contribution in [2.45, 2.75) is 24.4 Å². The first-order valence-electron chi connectivity index (χ1n) is 4.49. The minimum atomic E-state index is -1.39. The third-order valence-corrected chi connectivity index (χ3v) is 1.97. The summed E-state index contributed by atoms with van der Waals surface area (Å²) in [5, 5.41) is 35.9. The number of aliphatic hydroxyl groups excluding tert-OH is 4. The Morgan fingerprint density at radius 1 is 1.29 bits per heavy atom. The summed E-state index contributed by atoms with van der Waals surface area (Å²) < 4.78 is 9.87. The second-order valence-electron chi connectivity index (χ2n) is 3.30. The Balaban J connectivity index is 2.08. The van der Waals surface area contributed by atoms with Gasteiger partial charge in [0.25, 0.3) is 0 Å². The van der Waals surface area contributed by atoms with E-state index >= 15 is 0 Å². The third-order valence-electron chi connectivity index (χ3n) is 1.97. The van der Waals surface area contributed by atoms with Crippen molar-refractivity contribution in [1.29, 1.82) is 0 Å². The molecule has 1 aliphatic heterocycles. The molecule has 0 bridgehead atoms. The van der Waals surface area contributed by atoms with Crippen molar-refractivity contribution < 1.29 is 29.9 Å². The van der Waals surface area contributed by atoms with Gasteiger partial charge in [-0.3, -0.25) is 0 Å². The number of rotatable bonds is 7. The first kappa shape index (κ1) is 11.8. The molecule has 1 aliphatic rings. The monoisotopic (exact) mass is 208 g/mol. The molecule has 14 heavy (non-hydrogen) atoms. The van der Waals surface area contributed by atoms with Crippen LogP contribution in [0, 0.1) is 0 Å². The van der Waals surface area contributed by atoms with E-state index in [2.05, 4.69) is 0 Å². The summed E-state index contributed by atoms with van der Waals surface area (Å²) in [6.45, 7) is 0.360. The van der Waals surface area contributed by atoms with Gasteiger partial charge in [-0.15, -0.1) is 0 Å². The fourth-order valence-electron chi connectivity index (χ4n) is 0.948. The molecule has 84 valence electrons. The summed E-state index contributed by atoms with van der Waals surface area (Å²) in [6, 6.07) is 0. The van der Waals surface area contributed by atoms with Crippen LogP contribution < -0.4 is 0 Å². The Bertz CT molecular complexity index is 160. The summed E-state index contributed by atoms with van der Waals surface area (Å²) in [6.07, 6.45) is -3.83. The van der Waals surface area contributed by atoms with Gasteiger partial charge in [0.15, 0.2) is 0 Å². The zero-order valence-electron chi connectivity index (χ0n) is 7.74. The summed E-state index contributed by atoms with van der Waals surface area (Å²) in [4.78, 5) is 0. The SMILES string of the molecule is OC[C@@H](O)[C@@H](O)[C@H](O)COCC1CO1. The van der Waals surface area contributed by atoms with Crippen molar-refractivity contribution >= 4 is 0 Å². The predicted octanol–water partition coefficient (Wildman–Crippen LogP) is -2.52. The summed E-state index contributed by atoms with van der Waals surface area (Å²) in [5.41, 5.74) is 0. The molecule has 1 fully saturated rings. The Hall–Kier alpha value is -0.240. The van der Waals surface area contributed by atoms with Gasteiger partial charge in [-0.05, 0) is 0 Å². The highest BCUT2D eigenvalue weighted by molar-refractivity contribution is 4.75. The van der Waals surface area contributed by atoms with Gasteiger partial charge in [0.1, 0.15) is 24.4 Å². The highest BCUT2D eigenvalue weighted by atomic mass is 16.6. The zero-order chi connectivity index (χ0) is 10.6. The fraction of sp³-hybridized carbons (Fsp3) is 1.00. The zero-order valence-corrected chi connectivity index (χ0v) is 7.74. The third kappa shape index (κ3) is 3.87. The van der Waals surface area contributed by atoms with E-state index < -0.39 is 24.9 Å². The first-order valence-corrected chi connectivity index (χ1v) is 4.49. The molecule has 6 heteroatoms. The van der Waals surface area contributed by atoms with E-state index in [0.717, 1.165) is 0 Å². The van der Waals surface area contributed by atoms with Crippen LogP contribution >= 0.6 is 0 Å². The molecule has 0 aromatic heterocycles. The summed E-state index contributed by atoms with van der Waals surface area (Å²) in [7, 11) is 0. The molecule has 6 nitrogen and oxygen atoms in total. The molecule has 0 radical (unpaired) electrons. The summed E-state index contributed by atoms with van der Waals surface area (Å²) in [5.74, 6) is 0. The van der Waals surface area contributed by atoms with E-state index in [9.17, 15) is 10.2 Å². The molecule has 0 amide bonds. The lowest BCUT2D eigenvalue weighted by Crippen LogP contribution is -2.42. The van der Waals surface area contributed by atoms with E-state index in [1.165, 1.54) is 0 Å². The van der Waals surface area contributed by atoms with Gasteiger partial charge in [-0.1, -0.05) is 0 Å². The number of aliphatic hydroxyl groups is 4. The molecule has 0 aromatic carbocycles. The average molecular weight is 208 g/mol. The van der Waals surface area contributed by atoms with Crippen molar-refractivity contribution in [1.82, 2.24) is 0 Å². The van der Waals surface area contributed by atoms with Gasteiger partial charge in [-0.2, -0.15) is 0 Å². The number of ether oxygens (including phenoxy) is 2. The van der Waals surface area contributed by atoms with Crippen molar-refractivity contribution in [3.8, 4) is 0 Å². The molecule has 1 unspecified atom stereocenters. The van der Waals surface area contributed by atoms with E-state index in [0.29, 0.717) is 13.2 Å². The van der Waals surface area contributed by atoms with Crippen LogP contribution in [0.2, 0.25) is 0 Å². The molecule has 0 aliphatic carbocycles. The van der Waals surface area contributed by atoms with E-state index in [1.54, 1.807) is 0 Å². The molecule has 1 heterocycles. The van der Waals surface area contributed by atoms with Crippen LogP contribution in [-0.2, 0) is 9.47 Å². The van der Waals surface area contributed by atoms with Crippen molar-refractivity contribution in [2.24, 2.45) is 0 Å². The van der Waals surface area contributed by atoms with Crippen molar-refractivity contribution in [3.63, 3.8) is 0 Å². The van der Waals surface area contributed by atoms with Gasteiger partial charge in [0.05, 0.1) is 26.4 Å². The van der Waals surface area contributed by atoms with Crippen LogP contribution in [0.5, 0.6) is 0 Å². The van der Waals surface area contributed by atoms with Crippen LogP contribution in [0.1, 0.15) is 0 Å². The molecule has 0 saturated carbocycles.